The quantitative estimate of drug-likeness (QED) is 0.681. The van der Waals surface area contributed by atoms with Crippen molar-refractivity contribution in [2.24, 2.45) is 11.8 Å². The lowest BCUT2D eigenvalue weighted by Gasteiger charge is -2.36. The maximum Gasteiger partial charge on any atom is 0.519 e. The Bertz CT molecular complexity index is 777. The third-order valence-corrected chi connectivity index (χ3v) is 5.83. The molecule has 9 heteroatoms. The second kappa shape index (κ2) is 7.12. The molecule has 9 nitrogen and oxygen atoms in total. The number of fused-ring (bicyclic) bond motifs is 2. The minimum absolute atomic E-state index is 0.0247. The third kappa shape index (κ3) is 3.41. The van der Waals surface area contributed by atoms with E-state index < -0.39 is 23.6 Å². The molecule has 4 atom stereocenters. The van der Waals surface area contributed by atoms with Crippen molar-refractivity contribution >= 4 is 11.9 Å². The van der Waals surface area contributed by atoms with Crippen LogP contribution in [0.2, 0.25) is 0 Å². The molecule has 3 aliphatic heterocycles. The zero-order valence-corrected chi connectivity index (χ0v) is 15.5. The standard InChI is InChI=1S/C18H24N2O7/c1-10-13(27-18(23)25-10)9-24-17(22)15-12-4-3-11(26-12)14(15)16(21)20-7-5-19(2)6-8-20/h11-12,14-15H,3-9H2,1-2H3/t11-,12+,14-,15+/m0/s1. The average Bonchev–Trinajstić information content (AvgIpc) is 3.34. The summed E-state index contributed by atoms with van der Waals surface area (Å²) in [5.74, 6) is -2.00. The SMILES string of the molecule is Cc1oc(=O)oc1COC(=O)[C@H]1[C@@H](C(=O)N2CCN(C)CC2)[C@@H]2CC[C@H]1O2. The monoisotopic (exact) mass is 380 g/mol. The summed E-state index contributed by atoms with van der Waals surface area (Å²) in [7, 11) is 2.03. The van der Waals surface area contributed by atoms with E-state index in [-0.39, 0.29) is 36.2 Å². The van der Waals surface area contributed by atoms with E-state index in [0.29, 0.717) is 13.1 Å². The summed E-state index contributed by atoms with van der Waals surface area (Å²) in [4.78, 5) is 40.9. The van der Waals surface area contributed by atoms with E-state index in [0.717, 1.165) is 25.9 Å². The van der Waals surface area contributed by atoms with Crippen molar-refractivity contribution in [3.8, 4) is 0 Å². The molecule has 0 spiro atoms. The zero-order valence-electron chi connectivity index (χ0n) is 15.5. The molecule has 1 aromatic rings. The molecule has 3 aliphatic rings. The number of nitrogens with zero attached hydrogens (tertiary/aromatic N) is 2. The van der Waals surface area contributed by atoms with Gasteiger partial charge in [0.1, 0.15) is 0 Å². The van der Waals surface area contributed by atoms with Gasteiger partial charge in [-0.25, -0.2) is 4.79 Å². The number of rotatable bonds is 4. The second-order valence-electron chi connectivity index (χ2n) is 7.51. The third-order valence-electron chi connectivity index (χ3n) is 5.83. The Morgan fingerprint density at radius 2 is 1.74 bits per heavy atom. The van der Waals surface area contributed by atoms with Crippen molar-refractivity contribution in [1.82, 2.24) is 9.80 Å². The van der Waals surface area contributed by atoms with Crippen LogP contribution in [-0.2, 0) is 25.7 Å². The molecular weight excluding hydrogens is 356 g/mol. The molecule has 0 N–H and O–H groups in total. The fraction of sp³-hybridized carbons (Fsp3) is 0.722. The maximum absolute atomic E-state index is 13.1. The van der Waals surface area contributed by atoms with Crippen LogP contribution in [0.1, 0.15) is 24.4 Å². The largest absolute Gasteiger partial charge is 0.519 e. The van der Waals surface area contributed by atoms with E-state index in [2.05, 4.69) is 4.90 Å². The fourth-order valence-electron chi connectivity index (χ4n) is 4.27. The molecule has 2 bridgehead atoms. The smallest absolute Gasteiger partial charge is 0.457 e. The summed E-state index contributed by atoms with van der Waals surface area (Å²) in [6.07, 6.45) is 1.01. The molecule has 0 radical (unpaired) electrons. The van der Waals surface area contributed by atoms with Crippen LogP contribution in [-0.4, -0.2) is 67.1 Å². The van der Waals surface area contributed by atoms with Crippen LogP contribution in [0.4, 0.5) is 0 Å². The molecule has 0 aliphatic carbocycles. The highest BCUT2D eigenvalue weighted by Crippen LogP contribution is 2.45. The van der Waals surface area contributed by atoms with Gasteiger partial charge in [-0.2, -0.15) is 0 Å². The molecule has 3 saturated heterocycles. The normalized spacial score (nSPS) is 30.7. The molecule has 4 heterocycles. The molecule has 3 fully saturated rings. The van der Waals surface area contributed by atoms with Crippen LogP contribution in [0.25, 0.3) is 0 Å². The highest BCUT2D eigenvalue weighted by Gasteiger charge is 2.57. The first kappa shape index (κ1) is 18.2. The lowest BCUT2D eigenvalue weighted by molar-refractivity contribution is -0.158. The van der Waals surface area contributed by atoms with Crippen LogP contribution >= 0.6 is 0 Å². The van der Waals surface area contributed by atoms with Crippen LogP contribution in [0.5, 0.6) is 0 Å². The van der Waals surface area contributed by atoms with Gasteiger partial charge >= 0.3 is 11.8 Å². The van der Waals surface area contributed by atoms with Crippen molar-refractivity contribution in [2.45, 2.75) is 38.6 Å². The topological polar surface area (TPSA) is 102 Å². The second-order valence-corrected chi connectivity index (χ2v) is 7.51. The van der Waals surface area contributed by atoms with Gasteiger partial charge in [0.2, 0.25) is 5.91 Å². The Kier molecular flexibility index (Phi) is 4.81. The lowest BCUT2D eigenvalue weighted by atomic mass is 9.78. The van der Waals surface area contributed by atoms with E-state index in [9.17, 15) is 14.4 Å². The predicted octanol–water partition coefficient (Wildman–Crippen LogP) is 0.152. The van der Waals surface area contributed by atoms with Gasteiger partial charge in [0.15, 0.2) is 18.1 Å². The van der Waals surface area contributed by atoms with Gasteiger partial charge in [-0.3, -0.25) is 9.59 Å². The molecule has 1 aromatic heterocycles. The van der Waals surface area contributed by atoms with E-state index in [4.69, 9.17) is 18.3 Å². The van der Waals surface area contributed by atoms with Crippen molar-refractivity contribution < 1.29 is 27.9 Å². The predicted molar refractivity (Wildman–Crippen MR) is 90.7 cm³/mol. The number of ether oxygens (including phenoxy) is 2. The molecule has 4 rings (SSSR count). The number of likely N-dealkylation sites (N-methyl/N-ethyl adjacent to an activating group) is 1. The van der Waals surface area contributed by atoms with Crippen molar-refractivity contribution in [1.29, 1.82) is 0 Å². The van der Waals surface area contributed by atoms with Crippen LogP contribution < -0.4 is 5.82 Å². The van der Waals surface area contributed by atoms with E-state index in [1.807, 2.05) is 11.9 Å². The number of esters is 1. The number of amides is 1. The van der Waals surface area contributed by atoms with Gasteiger partial charge in [-0.1, -0.05) is 0 Å². The molecule has 0 saturated carbocycles. The Labute approximate surface area is 156 Å². The Balaban J connectivity index is 1.45. The van der Waals surface area contributed by atoms with Gasteiger partial charge in [0, 0.05) is 26.2 Å². The van der Waals surface area contributed by atoms with Gasteiger partial charge in [0.25, 0.3) is 0 Å². The minimum Gasteiger partial charge on any atom is -0.457 e. The van der Waals surface area contributed by atoms with Gasteiger partial charge in [-0.15, -0.1) is 0 Å². The summed E-state index contributed by atoms with van der Waals surface area (Å²) in [6.45, 7) is 4.32. The number of aryl methyl sites for hydroxylation is 1. The number of carbonyl (C=O) groups excluding carboxylic acids is 2. The zero-order chi connectivity index (χ0) is 19.1. The van der Waals surface area contributed by atoms with Crippen molar-refractivity contribution in [3.05, 3.63) is 22.1 Å². The van der Waals surface area contributed by atoms with E-state index in [1.54, 1.807) is 6.92 Å². The first-order valence-corrected chi connectivity index (χ1v) is 9.33. The summed E-state index contributed by atoms with van der Waals surface area (Å²) in [5.41, 5.74) is 0. The Morgan fingerprint density at radius 3 is 2.37 bits per heavy atom. The summed E-state index contributed by atoms with van der Waals surface area (Å²) in [6, 6.07) is 0. The van der Waals surface area contributed by atoms with Crippen molar-refractivity contribution in [2.75, 3.05) is 33.2 Å². The Hall–Kier alpha value is -2.13. The van der Waals surface area contributed by atoms with Crippen LogP contribution in [0, 0.1) is 18.8 Å². The number of piperazine rings is 1. The summed E-state index contributed by atoms with van der Waals surface area (Å²) in [5, 5.41) is 0. The number of hydrogen-bond donors (Lipinski definition) is 0. The number of carbonyl (C=O) groups is 2. The molecule has 0 aromatic carbocycles. The van der Waals surface area contributed by atoms with Gasteiger partial charge in [0.05, 0.1) is 24.0 Å². The van der Waals surface area contributed by atoms with Crippen LogP contribution in [0.3, 0.4) is 0 Å². The molecule has 27 heavy (non-hydrogen) atoms. The lowest BCUT2D eigenvalue weighted by Crippen LogP contribution is -2.52. The van der Waals surface area contributed by atoms with E-state index >= 15 is 0 Å². The van der Waals surface area contributed by atoms with E-state index in [1.165, 1.54) is 0 Å². The first-order chi connectivity index (χ1) is 12.9. The van der Waals surface area contributed by atoms with Gasteiger partial charge in [-0.05, 0) is 26.8 Å². The van der Waals surface area contributed by atoms with Gasteiger partial charge < -0.3 is 28.1 Å². The molecule has 148 valence electrons. The minimum atomic E-state index is -0.829. The van der Waals surface area contributed by atoms with Crippen LogP contribution in [0.15, 0.2) is 13.6 Å². The van der Waals surface area contributed by atoms with Crippen molar-refractivity contribution in [3.63, 3.8) is 0 Å². The average molecular weight is 380 g/mol. The highest BCUT2D eigenvalue weighted by atomic mass is 16.6. The fourth-order valence-corrected chi connectivity index (χ4v) is 4.27. The highest BCUT2D eigenvalue weighted by molar-refractivity contribution is 5.87. The number of hydrogen-bond acceptors (Lipinski definition) is 8. The first-order valence-electron chi connectivity index (χ1n) is 9.33. The Morgan fingerprint density at radius 1 is 1.07 bits per heavy atom. The maximum atomic E-state index is 13.1. The summed E-state index contributed by atoms with van der Waals surface area (Å²) < 4.78 is 20.9. The summed E-state index contributed by atoms with van der Waals surface area (Å²) >= 11 is 0. The molecule has 1 amide bonds. The molecule has 0 unspecified atom stereocenters. The molecular formula is C18H24N2O7.